The molecule has 1 unspecified atom stereocenters. The van der Waals surface area contributed by atoms with Crippen LogP contribution < -0.4 is 10.6 Å². The summed E-state index contributed by atoms with van der Waals surface area (Å²) in [5, 5.41) is 6.34. The summed E-state index contributed by atoms with van der Waals surface area (Å²) in [6.45, 7) is 2.25. The molecule has 0 saturated carbocycles. The molecule has 1 atom stereocenters. The normalized spacial score (nSPS) is 12.2. The molecule has 0 radical (unpaired) electrons. The average Bonchev–Trinajstić information content (AvgIpc) is 2.18. The van der Waals surface area contributed by atoms with Crippen molar-refractivity contribution >= 4 is 17.5 Å². The van der Waals surface area contributed by atoms with E-state index in [1.54, 1.807) is 7.05 Å². The van der Waals surface area contributed by atoms with E-state index in [0.717, 1.165) is 5.56 Å². The van der Waals surface area contributed by atoms with Crippen LogP contribution >= 0.6 is 11.6 Å². The highest BCUT2D eigenvalue weighted by Crippen LogP contribution is 2.16. The van der Waals surface area contributed by atoms with Crippen LogP contribution in [0, 0.1) is 0 Å². The van der Waals surface area contributed by atoms with Crippen LogP contribution in [0.1, 0.15) is 18.5 Å². The van der Waals surface area contributed by atoms with E-state index in [1.807, 2.05) is 31.2 Å². The Morgan fingerprint density at radius 1 is 1.53 bits per heavy atom. The first-order valence-corrected chi connectivity index (χ1v) is 5.20. The number of amides is 1. The maximum atomic E-state index is 11.3. The van der Waals surface area contributed by atoms with E-state index in [1.165, 1.54) is 0 Å². The molecular formula is C11H15ClN2O. The molecular weight excluding hydrogens is 212 g/mol. The van der Waals surface area contributed by atoms with Gasteiger partial charge in [-0.1, -0.05) is 23.7 Å². The third-order valence-corrected chi connectivity index (χ3v) is 2.30. The fourth-order valence-electron chi connectivity index (χ4n) is 1.31. The van der Waals surface area contributed by atoms with E-state index in [0.29, 0.717) is 11.6 Å². The molecule has 1 rings (SSSR count). The van der Waals surface area contributed by atoms with E-state index in [4.69, 9.17) is 11.6 Å². The second kappa shape index (κ2) is 5.73. The van der Waals surface area contributed by atoms with Gasteiger partial charge in [0.25, 0.3) is 0 Å². The van der Waals surface area contributed by atoms with E-state index in [9.17, 15) is 4.79 Å². The van der Waals surface area contributed by atoms with Crippen molar-refractivity contribution in [1.82, 2.24) is 10.6 Å². The molecule has 15 heavy (non-hydrogen) atoms. The first-order valence-electron chi connectivity index (χ1n) is 4.83. The summed E-state index contributed by atoms with van der Waals surface area (Å²) in [5.41, 5.74) is 1.01. The zero-order valence-corrected chi connectivity index (χ0v) is 9.64. The van der Waals surface area contributed by atoms with Crippen molar-refractivity contribution in [3.05, 3.63) is 34.9 Å². The number of hydrogen-bond acceptors (Lipinski definition) is 2. The van der Waals surface area contributed by atoms with Crippen LogP contribution in [0.15, 0.2) is 24.3 Å². The van der Waals surface area contributed by atoms with Gasteiger partial charge in [-0.2, -0.15) is 0 Å². The predicted molar refractivity (Wildman–Crippen MR) is 61.9 cm³/mol. The lowest BCUT2D eigenvalue weighted by Gasteiger charge is -2.14. The Labute approximate surface area is 94.8 Å². The van der Waals surface area contributed by atoms with Crippen molar-refractivity contribution in [2.75, 3.05) is 13.6 Å². The monoisotopic (exact) mass is 226 g/mol. The minimum absolute atomic E-state index is 0.0232. The van der Waals surface area contributed by atoms with Crippen LogP contribution in [0.3, 0.4) is 0 Å². The van der Waals surface area contributed by atoms with Crippen molar-refractivity contribution in [2.24, 2.45) is 0 Å². The number of nitrogens with one attached hydrogen (secondary N) is 2. The number of carbonyl (C=O) groups is 1. The topological polar surface area (TPSA) is 41.1 Å². The van der Waals surface area contributed by atoms with Crippen molar-refractivity contribution in [2.45, 2.75) is 13.0 Å². The molecule has 0 aliphatic rings. The SMILES string of the molecule is CNCC(=O)NC(C)c1cccc(Cl)c1. The standard InChI is InChI=1S/C11H15ClN2O/c1-8(14-11(15)7-13-2)9-4-3-5-10(12)6-9/h3-6,8,13H,7H2,1-2H3,(H,14,15). The molecule has 1 aromatic rings. The van der Waals surface area contributed by atoms with Gasteiger partial charge >= 0.3 is 0 Å². The molecule has 1 aromatic carbocycles. The maximum Gasteiger partial charge on any atom is 0.234 e. The predicted octanol–water partition coefficient (Wildman–Crippen LogP) is 1.74. The lowest BCUT2D eigenvalue weighted by Crippen LogP contribution is -2.33. The average molecular weight is 227 g/mol. The van der Waals surface area contributed by atoms with Gasteiger partial charge in [0.15, 0.2) is 0 Å². The molecule has 0 aliphatic carbocycles. The lowest BCUT2D eigenvalue weighted by atomic mass is 10.1. The molecule has 0 spiro atoms. The number of hydrogen-bond donors (Lipinski definition) is 2. The Kier molecular flexibility index (Phi) is 4.59. The highest BCUT2D eigenvalue weighted by Gasteiger charge is 2.08. The second-order valence-electron chi connectivity index (χ2n) is 3.37. The second-order valence-corrected chi connectivity index (χ2v) is 3.81. The van der Waals surface area contributed by atoms with Crippen LogP contribution in [0.25, 0.3) is 0 Å². The Hall–Kier alpha value is -1.06. The highest BCUT2D eigenvalue weighted by molar-refractivity contribution is 6.30. The van der Waals surface area contributed by atoms with Crippen molar-refractivity contribution in [3.8, 4) is 0 Å². The Bertz CT molecular complexity index is 341. The summed E-state index contributed by atoms with van der Waals surface area (Å²) >= 11 is 5.86. The van der Waals surface area contributed by atoms with Gasteiger partial charge in [0, 0.05) is 5.02 Å². The molecule has 1 amide bonds. The van der Waals surface area contributed by atoms with Crippen LogP contribution in [0.5, 0.6) is 0 Å². The molecule has 0 aromatic heterocycles. The quantitative estimate of drug-likeness (QED) is 0.821. The molecule has 4 heteroatoms. The van der Waals surface area contributed by atoms with Crippen molar-refractivity contribution in [3.63, 3.8) is 0 Å². The van der Waals surface area contributed by atoms with Gasteiger partial charge in [0.1, 0.15) is 0 Å². The van der Waals surface area contributed by atoms with Crippen LogP contribution in [0.4, 0.5) is 0 Å². The maximum absolute atomic E-state index is 11.3. The fraction of sp³-hybridized carbons (Fsp3) is 0.364. The minimum Gasteiger partial charge on any atom is -0.348 e. The number of carbonyl (C=O) groups excluding carboxylic acids is 1. The van der Waals surface area contributed by atoms with Crippen LogP contribution in [0.2, 0.25) is 5.02 Å². The fourth-order valence-corrected chi connectivity index (χ4v) is 1.51. The zero-order valence-electron chi connectivity index (χ0n) is 8.88. The van der Waals surface area contributed by atoms with E-state index in [-0.39, 0.29) is 11.9 Å². The summed E-state index contributed by atoms with van der Waals surface area (Å²) in [6, 6.07) is 7.46. The Balaban J connectivity index is 2.60. The Morgan fingerprint density at radius 2 is 2.27 bits per heavy atom. The van der Waals surface area contributed by atoms with Crippen molar-refractivity contribution in [1.29, 1.82) is 0 Å². The van der Waals surface area contributed by atoms with Gasteiger partial charge in [-0.25, -0.2) is 0 Å². The molecule has 2 N–H and O–H groups in total. The molecule has 3 nitrogen and oxygen atoms in total. The first-order chi connectivity index (χ1) is 7.13. The molecule has 0 fully saturated rings. The summed E-state index contributed by atoms with van der Waals surface area (Å²) < 4.78 is 0. The third kappa shape index (κ3) is 3.90. The number of benzene rings is 1. The summed E-state index contributed by atoms with van der Waals surface area (Å²) in [5.74, 6) is -0.0232. The van der Waals surface area contributed by atoms with Crippen LogP contribution in [-0.2, 0) is 4.79 Å². The highest BCUT2D eigenvalue weighted by atomic mass is 35.5. The third-order valence-electron chi connectivity index (χ3n) is 2.06. The number of rotatable bonds is 4. The van der Waals surface area contributed by atoms with Gasteiger partial charge in [-0.05, 0) is 31.7 Å². The molecule has 0 saturated heterocycles. The van der Waals surface area contributed by atoms with Crippen molar-refractivity contribution < 1.29 is 4.79 Å². The number of halogens is 1. The van der Waals surface area contributed by atoms with Gasteiger partial charge in [-0.3, -0.25) is 4.79 Å². The smallest absolute Gasteiger partial charge is 0.234 e. The molecule has 82 valence electrons. The molecule has 0 bridgehead atoms. The number of likely N-dealkylation sites (N-methyl/N-ethyl adjacent to an activating group) is 1. The lowest BCUT2D eigenvalue weighted by molar-refractivity contribution is -0.120. The van der Waals surface area contributed by atoms with Crippen LogP contribution in [-0.4, -0.2) is 19.5 Å². The van der Waals surface area contributed by atoms with E-state index < -0.39 is 0 Å². The summed E-state index contributed by atoms with van der Waals surface area (Å²) in [4.78, 5) is 11.3. The molecule has 0 aliphatic heterocycles. The zero-order chi connectivity index (χ0) is 11.3. The van der Waals surface area contributed by atoms with Gasteiger partial charge in [-0.15, -0.1) is 0 Å². The van der Waals surface area contributed by atoms with Gasteiger partial charge in [0.2, 0.25) is 5.91 Å². The summed E-state index contributed by atoms with van der Waals surface area (Å²) in [7, 11) is 1.74. The molecule has 0 heterocycles. The Morgan fingerprint density at radius 3 is 2.87 bits per heavy atom. The largest absolute Gasteiger partial charge is 0.348 e. The summed E-state index contributed by atoms with van der Waals surface area (Å²) in [6.07, 6.45) is 0. The minimum atomic E-state index is -0.0236. The van der Waals surface area contributed by atoms with Gasteiger partial charge in [0.05, 0.1) is 12.6 Å². The van der Waals surface area contributed by atoms with E-state index >= 15 is 0 Å². The van der Waals surface area contributed by atoms with E-state index in [2.05, 4.69) is 10.6 Å². The first kappa shape index (κ1) is 12.0. The van der Waals surface area contributed by atoms with Gasteiger partial charge < -0.3 is 10.6 Å².